The average molecular weight is 253 g/mol. The van der Waals surface area contributed by atoms with Crippen molar-refractivity contribution < 1.29 is 9.16 Å². The molecular formula is C13H23NO2Si. The molecule has 96 valence electrons. The zero-order valence-corrected chi connectivity index (χ0v) is 12.7. The third-order valence-electron chi connectivity index (χ3n) is 3.32. The molecule has 1 heterocycles. The summed E-state index contributed by atoms with van der Waals surface area (Å²) in [5.74, 6) is 0.628. The smallest absolute Gasteiger partial charge is 0.215 e. The molecule has 0 aliphatic rings. The van der Waals surface area contributed by atoms with E-state index in [1.165, 1.54) is 0 Å². The molecule has 1 aromatic heterocycles. The van der Waals surface area contributed by atoms with Crippen LogP contribution in [0.3, 0.4) is 0 Å². The Kier molecular flexibility index (Phi) is 4.33. The second-order valence-corrected chi connectivity index (χ2v) is 10.6. The number of rotatable bonds is 4. The monoisotopic (exact) mass is 253 g/mol. The van der Waals surface area contributed by atoms with E-state index < -0.39 is 8.32 Å². The van der Waals surface area contributed by atoms with E-state index >= 15 is 0 Å². The first-order chi connectivity index (χ1) is 7.72. The molecule has 0 amide bonds. The third-order valence-corrected chi connectivity index (χ3v) is 7.78. The normalized spacial score (nSPS) is 12.6. The Labute approximate surface area is 105 Å². The summed E-state index contributed by atoms with van der Waals surface area (Å²) in [5.41, 5.74) is 1.14. The first-order valence-corrected chi connectivity index (χ1v) is 8.83. The van der Waals surface area contributed by atoms with Gasteiger partial charge in [-0.15, -0.1) is 0 Å². The Bertz CT molecular complexity index is 372. The molecule has 0 fully saturated rings. The lowest BCUT2D eigenvalue weighted by atomic mass is 10.2. The van der Waals surface area contributed by atoms with Gasteiger partial charge in [-0.2, -0.15) is 0 Å². The van der Waals surface area contributed by atoms with Gasteiger partial charge in [0.1, 0.15) is 0 Å². The fraction of sp³-hybridized carbons (Fsp3) is 0.615. The van der Waals surface area contributed by atoms with Crippen molar-refractivity contribution in [3.63, 3.8) is 0 Å². The maximum Gasteiger partial charge on any atom is 0.215 e. The highest BCUT2D eigenvalue weighted by Crippen LogP contribution is 2.36. The minimum Gasteiger partial charge on any atom is -0.452 e. The van der Waals surface area contributed by atoms with Gasteiger partial charge >= 0.3 is 0 Å². The van der Waals surface area contributed by atoms with Crippen LogP contribution in [-0.4, -0.2) is 20.1 Å². The second kappa shape index (κ2) is 5.19. The van der Waals surface area contributed by atoms with Gasteiger partial charge in [-0.05, 0) is 36.7 Å². The predicted molar refractivity (Wildman–Crippen MR) is 72.8 cm³/mol. The molecule has 1 aromatic rings. The van der Waals surface area contributed by atoms with Gasteiger partial charge in [-0.1, -0.05) is 20.8 Å². The number of ether oxygens (including phenoxy) is 1. The zero-order chi connectivity index (χ0) is 13.1. The first-order valence-electron chi connectivity index (χ1n) is 5.92. The fourth-order valence-electron chi connectivity index (χ4n) is 1.04. The molecule has 0 atom stereocenters. The zero-order valence-electron chi connectivity index (χ0n) is 11.7. The molecule has 0 radical (unpaired) electrons. The predicted octanol–water partition coefficient (Wildman–Crippen LogP) is 3.75. The van der Waals surface area contributed by atoms with Gasteiger partial charge in [-0.3, -0.25) is 0 Å². The minimum absolute atomic E-state index is 0.205. The number of aryl methyl sites for hydroxylation is 1. The first kappa shape index (κ1) is 14.2. The topological polar surface area (TPSA) is 31.4 Å². The summed E-state index contributed by atoms with van der Waals surface area (Å²) < 4.78 is 11.4. The van der Waals surface area contributed by atoms with Gasteiger partial charge in [0.25, 0.3) is 0 Å². The van der Waals surface area contributed by atoms with Gasteiger partial charge in [0, 0.05) is 12.3 Å². The van der Waals surface area contributed by atoms with Gasteiger partial charge in [0.2, 0.25) is 5.88 Å². The molecule has 0 spiro atoms. The highest BCUT2D eigenvalue weighted by Gasteiger charge is 2.37. The van der Waals surface area contributed by atoms with Gasteiger partial charge < -0.3 is 9.16 Å². The molecule has 3 nitrogen and oxygen atoms in total. The van der Waals surface area contributed by atoms with Crippen LogP contribution in [0.2, 0.25) is 18.1 Å². The maximum atomic E-state index is 5.91. The minimum atomic E-state index is -1.73. The lowest BCUT2D eigenvalue weighted by Gasteiger charge is -2.35. The average Bonchev–Trinajstić information content (AvgIpc) is 2.15. The van der Waals surface area contributed by atoms with Crippen LogP contribution < -0.4 is 4.74 Å². The molecule has 0 saturated carbocycles. The number of pyridine rings is 1. The van der Waals surface area contributed by atoms with Crippen LogP contribution in [0.4, 0.5) is 0 Å². The molecule has 1 rings (SSSR count). The van der Waals surface area contributed by atoms with E-state index in [9.17, 15) is 0 Å². The molecule has 0 saturated heterocycles. The summed E-state index contributed by atoms with van der Waals surface area (Å²) in [6.45, 7) is 13.4. The quantitative estimate of drug-likeness (QED) is 0.605. The van der Waals surface area contributed by atoms with E-state index in [0.29, 0.717) is 5.88 Å². The van der Waals surface area contributed by atoms with E-state index in [2.05, 4.69) is 38.8 Å². The Hall–Kier alpha value is -0.873. The van der Waals surface area contributed by atoms with Crippen molar-refractivity contribution in [3.8, 4) is 5.88 Å². The summed E-state index contributed by atoms with van der Waals surface area (Å²) in [4.78, 5) is 4.13. The molecule has 0 aliphatic heterocycles. The highest BCUT2D eigenvalue weighted by atomic mass is 28.4. The van der Waals surface area contributed by atoms with E-state index in [1.54, 1.807) is 6.20 Å². The van der Waals surface area contributed by atoms with Crippen molar-refractivity contribution >= 4 is 8.32 Å². The van der Waals surface area contributed by atoms with E-state index in [1.807, 2.05) is 19.1 Å². The van der Waals surface area contributed by atoms with Crippen molar-refractivity contribution in [2.75, 3.05) is 6.79 Å². The molecule has 0 N–H and O–H groups in total. The van der Waals surface area contributed by atoms with E-state index in [4.69, 9.17) is 9.16 Å². The van der Waals surface area contributed by atoms with Crippen molar-refractivity contribution in [3.05, 3.63) is 23.9 Å². The Morgan fingerprint density at radius 2 is 1.94 bits per heavy atom. The summed E-state index contributed by atoms with van der Waals surface area (Å²) in [6.07, 6.45) is 1.75. The summed E-state index contributed by atoms with van der Waals surface area (Å²) in [5, 5.41) is 0.205. The van der Waals surface area contributed by atoms with Crippen LogP contribution in [0.1, 0.15) is 26.3 Å². The standard InChI is InChI=1S/C13H23NO2Si/c1-11-7-8-14-12(9-11)15-10-16-17(5,6)13(2,3)4/h7-9H,10H2,1-6H3. The van der Waals surface area contributed by atoms with Crippen molar-refractivity contribution in [1.29, 1.82) is 0 Å². The molecular weight excluding hydrogens is 230 g/mol. The number of hydrogen-bond acceptors (Lipinski definition) is 3. The summed E-state index contributed by atoms with van der Waals surface area (Å²) in [7, 11) is -1.73. The summed E-state index contributed by atoms with van der Waals surface area (Å²) >= 11 is 0. The van der Waals surface area contributed by atoms with Crippen LogP contribution in [0.25, 0.3) is 0 Å². The lowest BCUT2D eigenvalue weighted by Crippen LogP contribution is -2.41. The molecule has 17 heavy (non-hydrogen) atoms. The van der Waals surface area contributed by atoms with Gasteiger partial charge in [0.05, 0.1) is 0 Å². The number of hydrogen-bond donors (Lipinski definition) is 0. The molecule has 0 bridgehead atoms. The van der Waals surface area contributed by atoms with Crippen LogP contribution in [0.15, 0.2) is 18.3 Å². The third kappa shape index (κ3) is 4.13. The second-order valence-electron chi connectivity index (χ2n) is 5.84. The van der Waals surface area contributed by atoms with Crippen molar-refractivity contribution in [1.82, 2.24) is 4.98 Å². The highest BCUT2D eigenvalue weighted by molar-refractivity contribution is 6.74. The van der Waals surface area contributed by atoms with Crippen molar-refractivity contribution in [2.45, 2.75) is 45.8 Å². The molecule has 0 aliphatic carbocycles. The van der Waals surface area contributed by atoms with Crippen LogP contribution >= 0.6 is 0 Å². The van der Waals surface area contributed by atoms with Crippen LogP contribution in [0, 0.1) is 6.92 Å². The van der Waals surface area contributed by atoms with Gasteiger partial charge in [-0.25, -0.2) is 4.98 Å². The largest absolute Gasteiger partial charge is 0.452 e. The Morgan fingerprint density at radius 1 is 1.29 bits per heavy atom. The number of aromatic nitrogens is 1. The van der Waals surface area contributed by atoms with Crippen molar-refractivity contribution in [2.24, 2.45) is 0 Å². The SMILES string of the molecule is Cc1ccnc(OCO[Si](C)(C)C(C)(C)C)c1. The van der Waals surface area contributed by atoms with Gasteiger partial charge in [0.15, 0.2) is 15.1 Å². The summed E-state index contributed by atoms with van der Waals surface area (Å²) in [6, 6.07) is 3.86. The molecule has 0 unspecified atom stereocenters. The van der Waals surface area contributed by atoms with Crippen LogP contribution in [0.5, 0.6) is 5.88 Å². The lowest BCUT2D eigenvalue weighted by molar-refractivity contribution is 0.102. The fourth-order valence-corrected chi connectivity index (χ4v) is 1.83. The van der Waals surface area contributed by atoms with E-state index in [0.717, 1.165) is 5.56 Å². The molecule has 0 aromatic carbocycles. The van der Waals surface area contributed by atoms with Crippen LogP contribution in [-0.2, 0) is 4.43 Å². The Balaban J connectivity index is 2.48. The Morgan fingerprint density at radius 3 is 2.47 bits per heavy atom. The molecule has 4 heteroatoms. The number of nitrogens with zero attached hydrogens (tertiary/aromatic N) is 1. The van der Waals surface area contributed by atoms with E-state index in [-0.39, 0.29) is 11.8 Å². The maximum absolute atomic E-state index is 5.91.